The molecule has 1 rings (SSSR count). The molecule has 2 nitrogen and oxygen atoms in total. The zero-order chi connectivity index (χ0) is 7.72. The van der Waals surface area contributed by atoms with E-state index in [0.717, 1.165) is 0 Å². The predicted octanol–water partition coefficient (Wildman–Crippen LogP) is 0.845. The van der Waals surface area contributed by atoms with E-state index in [9.17, 15) is 18.4 Å². The normalized spacial score (nSPS) is 18.6. The van der Waals surface area contributed by atoms with E-state index in [1.807, 2.05) is 0 Å². The van der Waals surface area contributed by atoms with Crippen LogP contribution in [-0.4, -0.2) is 11.6 Å². The van der Waals surface area contributed by atoms with Crippen molar-refractivity contribution in [2.45, 2.75) is 0 Å². The largest absolute Gasteiger partial charge is 0.285 e. The predicted molar refractivity (Wildman–Crippen MR) is 28.4 cm³/mol. The Kier molecular flexibility index (Phi) is 1.45. The van der Waals surface area contributed by atoms with Crippen molar-refractivity contribution in [1.29, 1.82) is 0 Å². The molecule has 52 valence electrons. The topological polar surface area (TPSA) is 34.1 Å². The number of hydrogen-bond donors (Lipinski definition) is 0. The van der Waals surface area contributed by atoms with Crippen LogP contribution in [0.3, 0.4) is 0 Å². The lowest BCUT2D eigenvalue weighted by atomic mass is 10.1. The molecule has 1 aliphatic rings. The monoisotopic (exact) mass is 144 g/mol. The molecule has 10 heavy (non-hydrogen) atoms. The molecule has 0 heterocycles. The van der Waals surface area contributed by atoms with Crippen LogP contribution in [0.25, 0.3) is 0 Å². The number of halogens is 2. The summed E-state index contributed by atoms with van der Waals surface area (Å²) in [5, 5.41) is 0. The first-order valence-corrected chi connectivity index (χ1v) is 2.44. The van der Waals surface area contributed by atoms with Gasteiger partial charge in [-0.05, 0) is 0 Å². The van der Waals surface area contributed by atoms with Crippen molar-refractivity contribution in [3.05, 3.63) is 23.8 Å². The summed E-state index contributed by atoms with van der Waals surface area (Å²) in [7, 11) is 0. The van der Waals surface area contributed by atoms with Crippen molar-refractivity contribution >= 4 is 11.6 Å². The highest BCUT2D eigenvalue weighted by atomic mass is 19.1. The minimum Gasteiger partial charge on any atom is -0.285 e. The first kappa shape index (κ1) is 6.80. The Morgan fingerprint density at radius 3 is 2.20 bits per heavy atom. The fraction of sp³-hybridized carbons (Fsp3) is 0. The molecule has 0 fully saturated rings. The van der Waals surface area contributed by atoms with Crippen LogP contribution in [0.5, 0.6) is 0 Å². The van der Waals surface area contributed by atoms with Crippen molar-refractivity contribution in [2.24, 2.45) is 0 Å². The van der Waals surface area contributed by atoms with Gasteiger partial charge in [0.15, 0.2) is 5.83 Å². The van der Waals surface area contributed by atoms with Gasteiger partial charge in [0.2, 0.25) is 5.78 Å². The van der Waals surface area contributed by atoms with E-state index < -0.39 is 23.2 Å². The van der Waals surface area contributed by atoms with Crippen LogP contribution < -0.4 is 0 Å². The van der Waals surface area contributed by atoms with Crippen LogP contribution in [0.15, 0.2) is 23.8 Å². The summed E-state index contributed by atoms with van der Waals surface area (Å²) in [5.41, 5.74) is 0. The summed E-state index contributed by atoms with van der Waals surface area (Å²) in [5.74, 6) is -4.81. The molecule has 0 aliphatic heterocycles. The molecule has 0 atom stereocenters. The number of Topliss-reactive ketones (excluding diaryl/α,β-unsaturated/α-hetero) is 1. The first-order chi connectivity index (χ1) is 4.61. The van der Waals surface area contributed by atoms with Gasteiger partial charge < -0.3 is 0 Å². The Hall–Kier alpha value is -1.32. The van der Waals surface area contributed by atoms with Crippen LogP contribution in [0, 0.1) is 0 Å². The fourth-order valence-electron chi connectivity index (χ4n) is 0.537. The second-order valence-corrected chi connectivity index (χ2v) is 1.71. The molecule has 0 aromatic heterocycles. The van der Waals surface area contributed by atoms with Crippen molar-refractivity contribution in [2.75, 3.05) is 0 Å². The van der Waals surface area contributed by atoms with Gasteiger partial charge in [-0.25, -0.2) is 8.78 Å². The van der Waals surface area contributed by atoms with E-state index in [1.54, 1.807) is 0 Å². The van der Waals surface area contributed by atoms with Gasteiger partial charge in [0.25, 0.3) is 5.78 Å². The van der Waals surface area contributed by atoms with E-state index in [-0.39, 0.29) is 0 Å². The van der Waals surface area contributed by atoms with Gasteiger partial charge in [-0.3, -0.25) is 9.59 Å². The maximum atomic E-state index is 12.1. The number of hydrogen-bond acceptors (Lipinski definition) is 2. The van der Waals surface area contributed by atoms with E-state index in [1.165, 1.54) is 0 Å². The summed E-state index contributed by atoms with van der Waals surface area (Å²) in [6.07, 6.45) is 0.829. The average molecular weight is 144 g/mol. The van der Waals surface area contributed by atoms with Crippen LogP contribution >= 0.6 is 0 Å². The summed E-state index contributed by atoms with van der Waals surface area (Å²) in [4.78, 5) is 20.5. The lowest BCUT2D eigenvalue weighted by molar-refractivity contribution is -0.132. The maximum absolute atomic E-state index is 12.1. The fourth-order valence-corrected chi connectivity index (χ4v) is 0.537. The summed E-state index contributed by atoms with van der Waals surface area (Å²) < 4.78 is 24.1. The number of carbonyl (C=O) groups excluding carboxylic acids is 2. The molecule has 0 amide bonds. The average Bonchev–Trinajstić information content (AvgIpc) is 1.82. The Labute approximate surface area is 54.8 Å². The summed E-state index contributed by atoms with van der Waals surface area (Å²) >= 11 is 0. The van der Waals surface area contributed by atoms with E-state index in [4.69, 9.17) is 0 Å². The van der Waals surface area contributed by atoms with Crippen LogP contribution in [0.4, 0.5) is 8.78 Å². The molecule has 0 bridgehead atoms. The van der Waals surface area contributed by atoms with Gasteiger partial charge in [0, 0.05) is 12.2 Å². The highest BCUT2D eigenvalue weighted by Crippen LogP contribution is 2.13. The van der Waals surface area contributed by atoms with Gasteiger partial charge >= 0.3 is 0 Å². The molecule has 0 radical (unpaired) electrons. The number of rotatable bonds is 0. The van der Waals surface area contributed by atoms with Gasteiger partial charge in [-0.1, -0.05) is 0 Å². The number of ketones is 2. The molecule has 1 aliphatic carbocycles. The van der Waals surface area contributed by atoms with Crippen molar-refractivity contribution in [3.63, 3.8) is 0 Å². The van der Waals surface area contributed by atoms with E-state index in [0.29, 0.717) is 12.2 Å². The molecule has 0 saturated carbocycles. The molecule has 0 aromatic rings. The Morgan fingerprint density at radius 1 is 1.10 bits per heavy atom. The molecule has 0 unspecified atom stereocenters. The molecular weight excluding hydrogens is 142 g/mol. The van der Waals surface area contributed by atoms with Gasteiger partial charge in [-0.2, -0.15) is 0 Å². The zero-order valence-corrected chi connectivity index (χ0v) is 4.73. The smallest absolute Gasteiger partial charge is 0.261 e. The Bertz CT molecular complexity index is 260. The molecule has 0 aromatic carbocycles. The highest BCUT2D eigenvalue weighted by Gasteiger charge is 2.22. The summed E-state index contributed by atoms with van der Waals surface area (Å²) in [6, 6.07) is 0. The van der Waals surface area contributed by atoms with Crippen molar-refractivity contribution in [1.82, 2.24) is 0 Å². The van der Waals surface area contributed by atoms with Crippen molar-refractivity contribution < 1.29 is 18.4 Å². The van der Waals surface area contributed by atoms with Crippen LogP contribution in [0.2, 0.25) is 0 Å². The quantitative estimate of drug-likeness (QED) is 0.373. The molecule has 4 heteroatoms. The van der Waals surface area contributed by atoms with Crippen molar-refractivity contribution in [3.8, 4) is 0 Å². The number of carbonyl (C=O) groups is 2. The standard InChI is InChI=1S/C6H2F2O2/c7-3-1-4(8)6(10)5(9)2-3/h1-2H. The third kappa shape index (κ3) is 1.00. The van der Waals surface area contributed by atoms with Gasteiger partial charge in [-0.15, -0.1) is 0 Å². The third-order valence-corrected chi connectivity index (χ3v) is 0.974. The van der Waals surface area contributed by atoms with Crippen LogP contribution in [-0.2, 0) is 9.59 Å². The molecular formula is C6H2F2O2. The molecule has 0 saturated heterocycles. The molecule has 0 spiro atoms. The van der Waals surface area contributed by atoms with Gasteiger partial charge in [0.05, 0.1) is 0 Å². The van der Waals surface area contributed by atoms with Crippen LogP contribution in [0.1, 0.15) is 0 Å². The minimum absolute atomic E-state index is 0.379. The zero-order valence-electron chi connectivity index (χ0n) is 4.73. The second kappa shape index (κ2) is 2.13. The molecule has 0 N–H and O–H groups in total. The second-order valence-electron chi connectivity index (χ2n) is 1.71. The lowest BCUT2D eigenvalue weighted by Gasteiger charge is -1.97. The highest BCUT2D eigenvalue weighted by molar-refractivity contribution is 6.47. The van der Waals surface area contributed by atoms with Gasteiger partial charge in [0.1, 0.15) is 5.83 Å². The minimum atomic E-state index is -1.34. The Balaban J connectivity index is 3.07. The number of allylic oxidation sites excluding steroid dienone is 4. The van der Waals surface area contributed by atoms with E-state index >= 15 is 0 Å². The Morgan fingerprint density at radius 2 is 1.70 bits per heavy atom. The SMILES string of the molecule is O=C1C=C(F)C=C(F)C1=O. The third-order valence-electron chi connectivity index (χ3n) is 0.974. The first-order valence-electron chi connectivity index (χ1n) is 2.44. The van der Waals surface area contributed by atoms with E-state index in [2.05, 4.69) is 0 Å². The lowest BCUT2D eigenvalue weighted by Crippen LogP contribution is -2.14. The maximum Gasteiger partial charge on any atom is 0.261 e. The summed E-state index contributed by atoms with van der Waals surface area (Å²) in [6.45, 7) is 0.